The van der Waals surface area contributed by atoms with Crippen molar-refractivity contribution in [2.75, 3.05) is 13.1 Å². The summed E-state index contributed by atoms with van der Waals surface area (Å²) in [5.41, 5.74) is 1.77. The minimum atomic E-state index is -1.21. The van der Waals surface area contributed by atoms with Gasteiger partial charge < -0.3 is 14.7 Å². The van der Waals surface area contributed by atoms with Gasteiger partial charge in [-0.1, -0.05) is 35.3 Å². The van der Waals surface area contributed by atoms with Gasteiger partial charge in [0.1, 0.15) is 11.4 Å². The Balaban J connectivity index is 1.93. The van der Waals surface area contributed by atoms with Gasteiger partial charge in [0.05, 0.1) is 22.9 Å². The van der Waals surface area contributed by atoms with E-state index in [9.17, 15) is 19.1 Å². The first-order valence-electron chi connectivity index (χ1n) is 11.2. The minimum Gasteiger partial charge on any atom is -0.476 e. The molecule has 0 fully saturated rings. The van der Waals surface area contributed by atoms with Crippen LogP contribution in [-0.4, -0.2) is 50.5 Å². The first-order valence-corrected chi connectivity index (χ1v) is 11.9. The molecule has 1 amide bonds. The van der Waals surface area contributed by atoms with Crippen LogP contribution in [0.3, 0.4) is 0 Å². The molecule has 1 aliphatic rings. The van der Waals surface area contributed by atoms with Crippen LogP contribution in [-0.2, 0) is 11.2 Å². The number of ether oxygens (including phenoxy) is 1. The number of carboxylic acids is 1. The van der Waals surface area contributed by atoms with E-state index in [0.29, 0.717) is 33.1 Å². The van der Waals surface area contributed by atoms with E-state index < -0.39 is 17.7 Å². The molecule has 7 nitrogen and oxygen atoms in total. The molecule has 10 heteroatoms. The normalized spacial score (nSPS) is 14.9. The molecule has 0 unspecified atom stereocenters. The van der Waals surface area contributed by atoms with Crippen molar-refractivity contribution < 1.29 is 23.8 Å². The van der Waals surface area contributed by atoms with E-state index in [2.05, 4.69) is 5.10 Å². The Hall–Kier alpha value is -3.36. The van der Waals surface area contributed by atoms with Gasteiger partial charge in [-0.15, -0.1) is 0 Å². The summed E-state index contributed by atoms with van der Waals surface area (Å²) in [6.07, 6.45) is 1.47. The summed E-state index contributed by atoms with van der Waals surface area (Å²) in [5, 5.41) is 15.0. The highest BCUT2D eigenvalue weighted by molar-refractivity contribution is 6.35. The van der Waals surface area contributed by atoms with Crippen molar-refractivity contribution in [2.45, 2.75) is 32.8 Å². The molecular weight excluding hydrogens is 508 g/mol. The van der Waals surface area contributed by atoms with Crippen molar-refractivity contribution in [2.24, 2.45) is 0 Å². The SMILES string of the molecule is CC(C)(C)OC(=O)N1CCc2c(C(=O)O)nn(-c3ccc(Cl)cc3Cl)c2/C(=C/c2ccc(F)cc2)C1. The predicted molar refractivity (Wildman–Crippen MR) is 136 cm³/mol. The fourth-order valence-electron chi connectivity index (χ4n) is 3.98. The van der Waals surface area contributed by atoms with Crippen molar-refractivity contribution in [3.8, 4) is 5.69 Å². The number of carbonyl (C=O) groups excluding carboxylic acids is 1. The monoisotopic (exact) mass is 531 g/mol. The van der Waals surface area contributed by atoms with Gasteiger partial charge in [-0.05, 0) is 74.7 Å². The van der Waals surface area contributed by atoms with Crippen LogP contribution < -0.4 is 0 Å². The average Bonchev–Trinajstić information content (AvgIpc) is 3.05. The molecule has 0 saturated heterocycles. The van der Waals surface area contributed by atoms with Crippen LogP contribution in [0.25, 0.3) is 17.3 Å². The second kappa shape index (κ2) is 9.95. The Morgan fingerprint density at radius 1 is 1.14 bits per heavy atom. The Labute approximate surface area is 217 Å². The Kier molecular flexibility index (Phi) is 7.11. The number of carboxylic acid groups (broad SMARTS) is 1. The van der Waals surface area contributed by atoms with E-state index in [1.807, 2.05) is 0 Å². The van der Waals surface area contributed by atoms with Crippen LogP contribution >= 0.6 is 23.2 Å². The van der Waals surface area contributed by atoms with Gasteiger partial charge in [0.15, 0.2) is 5.69 Å². The Morgan fingerprint density at radius 2 is 1.83 bits per heavy atom. The number of benzene rings is 2. The highest BCUT2D eigenvalue weighted by Gasteiger charge is 2.33. The summed E-state index contributed by atoms with van der Waals surface area (Å²) >= 11 is 12.6. The molecule has 0 bridgehead atoms. The van der Waals surface area contributed by atoms with Crippen LogP contribution in [0.4, 0.5) is 9.18 Å². The standard InChI is InChI=1S/C26H24Cl2FN3O4/c1-26(2,3)36-25(35)31-11-10-19-22(24(33)34)30-32(21-9-6-17(27)13-20(21)28)23(19)16(14-31)12-15-4-7-18(29)8-5-15/h4-9,12-13H,10-11,14H2,1-3H3,(H,33,34)/b16-12+. The van der Waals surface area contributed by atoms with Gasteiger partial charge in [0.2, 0.25) is 0 Å². The van der Waals surface area contributed by atoms with Crippen molar-refractivity contribution in [1.29, 1.82) is 0 Å². The summed E-state index contributed by atoms with van der Waals surface area (Å²) in [6, 6.07) is 10.7. The van der Waals surface area contributed by atoms with Gasteiger partial charge in [0.25, 0.3) is 0 Å². The largest absolute Gasteiger partial charge is 0.476 e. The number of hydrogen-bond acceptors (Lipinski definition) is 4. The zero-order chi connectivity index (χ0) is 26.2. The van der Waals surface area contributed by atoms with Crippen LogP contribution in [0.1, 0.15) is 48.1 Å². The lowest BCUT2D eigenvalue weighted by Crippen LogP contribution is -2.38. The number of fused-ring (bicyclic) bond motifs is 1. The minimum absolute atomic E-state index is 0.106. The third-order valence-electron chi connectivity index (χ3n) is 5.48. The number of rotatable bonds is 3. The first kappa shape index (κ1) is 25.7. The number of aromatic carboxylic acids is 1. The topological polar surface area (TPSA) is 84.7 Å². The summed E-state index contributed by atoms with van der Waals surface area (Å²) < 4.78 is 20.6. The highest BCUT2D eigenvalue weighted by atomic mass is 35.5. The lowest BCUT2D eigenvalue weighted by atomic mass is 10.0. The maximum absolute atomic E-state index is 13.6. The highest BCUT2D eigenvalue weighted by Crippen LogP contribution is 2.34. The number of amides is 1. The van der Waals surface area contributed by atoms with Crippen molar-refractivity contribution in [3.05, 3.63) is 80.8 Å². The number of hydrogen-bond donors (Lipinski definition) is 1. The van der Waals surface area contributed by atoms with Gasteiger partial charge >= 0.3 is 12.1 Å². The zero-order valence-electron chi connectivity index (χ0n) is 19.9. The molecule has 1 N–H and O–H groups in total. The Morgan fingerprint density at radius 3 is 2.44 bits per heavy atom. The summed E-state index contributed by atoms with van der Waals surface area (Å²) in [5.74, 6) is -1.60. The molecule has 2 aromatic carbocycles. The molecular formula is C26H24Cl2FN3O4. The molecule has 2 heterocycles. The van der Waals surface area contributed by atoms with E-state index in [1.54, 1.807) is 57.2 Å². The second-order valence-electron chi connectivity index (χ2n) is 9.36. The maximum Gasteiger partial charge on any atom is 0.410 e. The van der Waals surface area contributed by atoms with E-state index in [0.717, 1.165) is 0 Å². The van der Waals surface area contributed by atoms with Gasteiger partial charge in [-0.3, -0.25) is 0 Å². The molecule has 4 rings (SSSR count). The van der Waals surface area contributed by atoms with Gasteiger partial charge in [0, 0.05) is 17.1 Å². The Bertz CT molecular complexity index is 1360. The fourth-order valence-corrected chi connectivity index (χ4v) is 4.47. The van der Waals surface area contributed by atoms with Crippen LogP contribution in [0, 0.1) is 5.82 Å². The third-order valence-corrected chi connectivity index (χ3v) is 6.02. The maximum atomic E-state index is 13.6. The number of halogens is 3. The lowest BCUT2D eigenvalue weighted by molar-refractivity contribution is 0.0279. The summed E-state index contributed by atoms with van der Waals surface area (Å²) in [4.78, 5) is 26.7. The quantitative estimate of drug-likeness (QED) is 0.425. The van der Waals surface area contributed by atoms with Gasteiger partial charge in [-0.25, -0.2) is 18.7 Å². The second-order valence-corrected chi connectivity index (χ2v) is 10.2. The molecule has 188 valence electrons. The summed E-state index contributed by atoms with van der Waals surface area (Å²) in [6.45, 7) is 5.64. The van der Waals surface area contributed by atoms with Crippen molar-refractivity contribution in [1.82, 2.24) is 14.7 Å². The average molecular weight is 532 g/mol. The number of carbonyl (C=O) groups is 2. The molecule has 3 aromatic rings. The molecule has 36 heavy (non-hydrogen) atoms. The van der Waals surface area contributed by atoms with Crippen molar-refractivity contribution in [3.63, 3.8) is 0 Å². The smallest absolute Gasteiger partial charge is 0.410 e. The molecule has 0 spiro atoms. The molecule has 0 atom stereocenters. The molecule has 1 aromatic heterocycles. The van der Waals surface area contributed by atoms with Crippen LogP contribution in [0.2, 0.25) is 10.0 Å². The number of nitrogens with zero attached hydrogens (tertiary/aromatic N) is 3. The zero-order valence-corrected chi connectivity index (χ0v) is 21.4. The summed E-state index contributed by atoms with van der Waals surface area (Å²) in [7, 11) is 0. The van der Waals surface area contributed by atoms with E-state index in [4.69, 9.17) is 27.9 Å². The molecule has 0 radical (unpaired) electrons. The van der Waals surface area contributed by atoms with Crippen LogP contribution in [0.5, 0.6) is 0 Å². The lowest BCUT2D eigenvalue weighted by Gasteiger charge is -2.27. The molecule has 0 saturated carbocycles. The fraction of sp³-hybridized carbons (Fsp3) is 0.269. The van der Waals surface area contributed by atoms with E-state index in [1.165, 1.54) is 21.7 Å². The third kappa shape index (κ3) is 5.55. The van der Waals surface area contributed by atoms with Crippen LogP contribution in [0.15, 0.2) is 42.5 Å². The van der Waals surface area contributed by atoms with E-state index >= 15 is 0 Å². The van der Waals surface area contributed by atoms with E-state index in [-0.39, 0.29) is 36.0 Å². The van der Waals surface area contributed by atoms with Gasteiger partial charge in [-0.2, -0.15) is 5.10 Å². The molecule has 1 aliphatic heterocycles. The predicted octanol–water partition coefficient (Wildman–Crippen LogP) is 6.35. The van der Waals surface area contributed by atoms with Crippen molar-refractivity contribution >= 4 is 46.9 Å². The molecule has 0 aliphatic carbocycles. The first-order chi connectivity index (χ1) is 16.9. The number of aromatic nitrogens is 2.